The molecule has 0 aliphatic heterocycles. The Bertz CT molecular complexity index is 495. The van der Waals surface area contributed by atoms with Gasteiger partial charge in [-0.3, -0.25) is 4.99 Å². The van der Waals surface area contributed by atoms with Gasteiger partial charge in [0.05, 0.1) is 12.0 Å². The number of furan rings is 1. The summed E-state index contributed by atoms with van der Waals surface area (Å²) in [6.45, 7) is 2.04. The van der Waals surface area contributed by atoms with Gasteiger partial charge >= 0.3 is 0 Å². The summed E-state index contributed by atoms with van der Waals surface area (Å²) in [5.41, 5.74) is 2.16. The Morgan fingerprint density at radius 3 is 2.75 bits per heavy atom. The van der Waals surface area contributed by atoms with E-state index in [2.05, 4.69) is 4.99 Å². The van der Waals surface area contributed by atoms with E-state index in [0.29, 0.717) is 0 Å². The Balaban J connectivity index is 2.03. The molecule has 0 spiro atoms. The summed E-state index contributed by atoms with van der Waals surface area (Å²) in [7, 11) is 0. The molecule has 0 bridgehead atoms. The first kappa shape index (κ1) is 10.4. The van der Waals surface area contributed by atoms with Crippen molar-refractivity contribution >= 4 is 18.0 Å². The normalized spacial score (nSPS) is 11.6. The predicted molar refractivity (Wildman–Crippen MR) is 67.1 cm³/mol. The molecule has 0 atom stereocenters. The lowest BCUT2D eigenvalue weighted by atomic mass is 10.2. The zero-order valence-electron chi connectivity index (χ0n) is 9.13. The fraction of sp³-hybridized carbons (Fsp3) is 0.0714. The third-order valence-corrected chi connectivity index (χ3v) is 2.22. The second-order valence-electron chi connectivity index (χ2n) is 3.44. The molecule has 2 heteroatoms. The summed E-state index contributed by atoms with van der Waals surface area (Å²) >= 11 is 0. The van der Waals surface area contributed by atoms with Crippen molar-refractivity contribution in [3.05, 3.63) is 60.1 Å². The number of para-hydroxylation sites is 1. The summed E-state index contributed by atoms with van der Waals surface area (Å²) in [5, 5.41) is 0. The van der Waals surface area contributed by atoms with E-state index >= 15 is 0 Å². The number of aliphatic imine (C=N–C) groups is 1. The van der Waals surface area contributed by atoms with Crippen LogP contribution in [-0.4, -0.2) is 6.21 Å². The average Bonchev–Trinajstić information content (AvgIpc) is 2.79. The van der Waals surface area contributed by atoms with Gasteiger partial charge in [-0.2, -0.15) is 0 Å². The van der Waals surface area contributed by atoms with Gasteiger partial charge in [0, 0.05) is 6.21 Å². The van der Waals surface area contributed by atoms with Gasteiger partial charge in [-0.25, -0.2) is 0 Å². The lowest BCUT2D eigenvalue weighted by Crippen LogP contribution is -1.73. The minimum absolute atomic E-state index is 0.830. The molecule has 0 radical (unpaired) electrons. The van der Waals surface area contributed by atoms with E-state index in [-0.39, 0.29) is 0 Å². The van der Waals surface area contributed by atoms with Crippen molar-refractivity contribution in [2.24, 2.45) is 4.99 Å². The van der Waals surface area contributed by atoms with E-state index < -0.39 is 0 Å². The molecule has 16 heavy (non-hydrogen) atoms. The number of nitrogens with zero attached hydrogens (tertiary/aromatic N) is 1. The van der Waals surface area contributed by atoms with Crippen molar-refractivity contribution in [3.8, 4) is 0 Å². The molecule has 0 aliphatic carbocycles. The highest BCUT2D eigenvalue weighted by Crippen LogP contribution is 2.16. The third kappa shape index (κ3) is 2.70. The third-order valence-electron chi connectivity index (χ3n) is 2.22. The Labute approximate surface area is 94.9 Å². The number of rotatable bonds is 3. The van der Waals surface area contributed by atoms with E-state index in [0.717, 1.165) is 11.4 Å². The maximum absolute atomic E-state index is 5.16. The molecule has 0 saturated carbocycles. The topological polar surface area (TPSA) is 25.5 Å². The first-order chi connectivity index (χ1) is 7.86. The largest absolute Gasteiger partial charge is 0.465 e. The fourth-order valence-electron chi connectivity index (χ4n) is 1.36. The highest BCUT2D eigenvalue weighted by Gasteiger charge is 1.90. The highest BCUT2D eigenvalue weighted by molar-refractivity contribution is 5.80. The van der Waals surface area contributed by atoms with Crippen molar-refractivity contribution in [2.45, 2.75) is 6.92 Å². The summed E-state index contributed by atoms with van der Waals surface area (Å²) in [5.74, 6) is 0.830. The lowest BCUT2D eigenvalue weighted by Gasteiger charge is -1.96. The second-order valence-corrected chi connectivity index (χ2v) is 3.44. The average molecular weight is 211 g/mol. The number of hydrogen-bond donors (Lipinski definition) is 0. The molecule has 2 nitrogen and oxygen atoms in total. The van der Waals surface area contributed by atoms with E-state index in [4.69, 9.17) is 4.42 Å². The van der Waals surface area contributed by atoms with Gasteiger partial charge in [-0.1, -0.05) is 18.2 Å². The summed E-state index contributed by atoms with van der Waals surface area (Å²) in [6.07, 6.45) is 7.16. The van der Waals surface area contributed by atoms with Crippen LogP contribution in [0.1, 0.15) is 11.3 Å². The van der Waals surface area contributed by atoms with Crippen LogP contribution in [0.2, 0.25) is 0 Å². The predicted octanol–water partition coefficient (Wildman–Crippen LogP) is 4.00. The maximum atomic E-state index is 5.16. The second kappa shape index (κ2) is 5.12. The fourth-order valence-corrected chi connectivity index (χ4v) is 1.36. The van der Waals surface area contributed by atoms with Crippen LogP contribution in [0.3, 0.4) is 0 Å². The van der Waals surface area contributed by atoms with Crippen molar-refractivity contribution < 1.29 is 4.42 Å². The van der Waals surface area contributed by atoms with Gasteiger partial charge in [-0.05, 0) is 42.8 Å². The zero-order chi connectivity index (χ0) is 11.2. The van der Waals surface area contributed by atoms with Crippen molar-refractivity contribution in [3.63, 3.8) is 0 Å². The van der Waals surface area contributed by atoms with Crippen LogP contribution < -0.4 is 0 Å². The quantitative estimate of drug-likeness (QED) is 0.704. The van der Waals surface area contributed by atoms with Crippen molar-refractivity contribution in [1.29, 1.82) is 0 Å². The Morgan fingerprint density at radius 2 is 2.00 bits per heavy atom. The van der Waals surface area contributed by atoms with E-state index in [1.807, 2.05) is 55.5 Å². The van der Waals surface area contributed by atoms with E-state index in [9.17, 15) is 0 Å². The van der Waals surface area contributed by atoms with Crippen LogP contribution in [0, 0.1) is 6.92 Å². The minimum Gasteiger partial charge on any atom is -0.465 e. The van der Waals surface area contributed by atoms with Gasteiger partial charge in [0.25, 0.3) is 0 Å². The van der Waals surface area contributed by atoms with Crippen molar-refractivity contribution in [2.75, 3.05) is 0 Å². The zero-order valence-corrected chi connectivity index (χ0v) is 9.13. The van der Waals surface area contributed by atoms with Crippen LogP contribution in [-0.2, 0) is 0 Å². The molecular weight excluding hydrogens is 198 g/mol. The first-order valence-corrected chi connectivity index (χ1v) is 5.16. The maximum Gasteiger partial charge on any atom is 0.126 e. The summed E-state index contributed by atoms with van der Waals surface area (Å²) in [6, 6.07) is 11.8. The standard InChI is InChI=1S/C14H13NO/c1-12-6-2-3-9-14(12)15-10-4-7-13-8-5-11-16-13/h2-11H,1H3/b7-4+,15-10?. The number of hydrogen-bond acceptors (Lipinski definition) is 2. The number of aryl methyl sites for hydroxylation is 1. The molecule has 80 valence electrons. The molecule has 0 aliphatic rings. The Kier molecular flexibility index (Phi) is 3.34. The van der Waals surface area contributed by atoms with Gasteiger partial charge in [0.15, 0.2) is 0 Å². The van der Waals surface area contributed by atoms with Crippen LogP contribution in [0.4, 0.5) is 5.69 Å². The molecule has 1 aromatic carbocycles. The van der Waals surface area contributed by atoms with Crippen LogP contribution in [0.15, 0.2) is 58.1 Å². The van der Waals surface area contributed by atoms with E-state index in [1.54, 1.807) is 12.5 Å². The lowest BCUT2D eigenvalue weighted by molar-refractivity contribution is 0.557. The Hall–Kier alpha value is -2.09. The molecule has 0 amide bonds. The number of allylic oxidation sites excluding steroid dienone is 1. The molecule has 2 rings (SSSR count). The van der Waals surface area contributed by atoms with Crippen LogP contribution >= 0.6 is 0 Å². The van der Waals surface area contributed by atoms with Crippen LogP contribution in [0.5, 0.6) is 0 Å². The van der Waals surface area contributed by atoms with E-state index in [1.165, 1.54) is 5.56 Å². The molecular formula is C14H13NO. The minimum atomic E-state index is 0.830. The summed E-state index contributed by atoms with van der Waals surface area (Å²) in [4.78, 5) is 4.35. The van der Waals surface area contributed by atoms with Crippen LogP contribution in [0.25, 0.3) is 6.08 Å². The van der Waals surface area contributed by atoms with Gasteiger partial charge in [0.2, 0.25) is 0 Å². The Morgan fingerprint density at radius 1 is 1.12 bits per heavy atom. The molecule has 2 aromatic rings. The monoisotopic (exact) mass is 211 g/mol. The van der Waals surface area contributed by atoms with Gasteiger partial charge in [-0.15, -0.1) is 0 Å². The molecule has 0 saturated heterocycles. The first-order valence-electron chi connectivity index (χ1n) is 5.16. The molecule has 0 unspecified atom stereocenters. The molecule has 0 N–H and O–H groups in total. The molecule has 0 fully saturated rings. The smallest absolute Gasteiger partial charge is 0.126 e. The van der Waals surface area contributed by atoms with Gasteiger partial charge < -0.3 is 4.42 Å². The van der Waals surface area contributed by atoms with Gasteiger partial charge in [0.1, 0.15) is 5.76 Å². The molecule has 1 heterocycles. The number of benzene rings is 1. The highest BCUT2D eigenvalue weighted by atomic mass is 16.3. The van der Waals surface area contributed by atoms with Crippen molar-refractivity contribution in [1.82, 2.24) is 0 Å². The molecule has 1 aromatic heterocycles. The SMILES string of the molecule is Cc1ccccc1N=C/C=C/c1ccco1. The summed E-state index contributed by atoms with van der Waals surface area (Å²) < 4.78 is 5.16.